The molecule has 0 unspecified atom stereocenters. The number of piperidine rings is 1. The second-order valence-electron chi connectivity index (χ2n) is 5.66. The van der Waals surface area contributed by atoms with Crippen molar-refractivity contribution in [2.75, 3.05) is 59.4 Å². The first-order valence-electron chi connectivity index (χ1n) is 7.33. The summed E-state index contributed by atoms with van der Waals surface area (Å²) in [7, 11) is 2.22. The molecular formula is C15H27N3. The van der Waals surface area contributed by atoms with Crippen LogP contribution in [0, 0.1) is 17.8 Å². The van der Waals surface area contributed by atoms with E-state index >= 15 is 0 Å². The Labute approximate surface area is 112 Å². The van der Waals surface area contributed by atoms with Crippen LogP contribution in [0.25, 0.3) is 0 Å². The summed E-state index contributed by atoms with van der Waals surface area (Å²) >= 11 is 0. The Morgan fingerprint density at radius 3 is 2.00 bits per heavy atom. The SMILES string of the molecule is CC#CC1CCN(CCN2CCN(C)CC2)CC1. The van der Waals surface area contributed by atoms with E-state index in [2.05, 4.69) is 33.6 Å². The first-order valence-corrected chi connectivity index (χ1v) is 7.33. The lowest BCUT2D eigenvalue weighted by Gasteiger charge is -2.35. The standard InChI is InChI=1S/C15H27N3/c1-3-4-15-5-7-17(8-6-15)13-14-18-11-9-16(2)10-12-18/h15H,5-14H2,1-2H3. The van der Waals surface area contributed by atoms with Crippen molar-refractivity contribution in [3.8, 4) is 11.8 Å². The number of nitrogens with zero attached hydrogens (tertiary/aromatic N) is 3. The van der Waals surface area contributed by atoms with Crippen LogP contribution in [0.1, 0.15) is 19.8 Å². The van der Waals surface area contributed by atoms with Crippen LogP contribution in [0.5, 0.6) is 0 Å². The van der Waals surface area contributed by atoms with Crippen LogP contribution < -0.4 is 0 Å². The van der Waals surface area contributed by atoms with E-state index in [1.807, 2.05) is 6.92 Å². The molecule has 0 aliphatic carbocycles. The third-order valence-corrected chi connectivity index (χ3v) is 4.26. The Morgan fingerprint density at radius 2 is 1.44 bits per heavy atom. The van der Waals surface area contributed by atoms with Gasteiger partial charge in [0.1, 0.15) is 0 Å². The zero-order valence-corrected chi connectivity index (χ0v) is 12.0. The van der Waals surface area contributed by atoms with Crippen molar-refractivity contribution in [1.82, 2.24) is 14.7 Å². The quantitative estimate of drug-likeness (QED) is 0.690. The second-order valence-corrected chi connectivity index (χ2v) is 5.66. The lowest BCUT2D eigenvalue weighted by molar-refractivity contribution is 0.124. The van der Waals surface area contributed by atoms with E-state index in [-0.39, 0.29) is 0 Å². The zero-order chi connectivity index (χ0) is 12.8. The third-order valence-electron chi connectivity index (χ3n) is 4.26. The molecule has 2 fully saturated rings. The third kappa shape index (κ3) is 4.28. The van der Waals surface area contributed by atoms with Gasteiger partial charge < -0.3 is 9.80 Å². The monoisotopic (exact) mass is 249 g/mol. The number of likely N-dealkylation sites (tertiary alicyclic amines) is 1. The van der Waals surface area contributed by atoms with Gasteiger partial charge in [0, 0.05) is 45.2 Å². The number of hydrogen-bond acceptors (Lipinski definition) is 3. The van der Waals surface area contributed by atoms with Crippen molar-refractivity contribution < 1.29 is 0 Å². The molecule has 0 aromatic heterocycles. The minimum Gasteiger partial charge on any atom is -0.304 e. The van der Waals surface area contributed by atoms with Gasteiger partial charge in [0.25, 0.3) is 0 Å². The molecule has 0 aromatic rings. The van der Waals surface area contributed by atoms with E-state index in [1.165, 1.54) is 65.2 Å². The van der Waals surface area contributed by atoms with Gasteiger partial charge in [-0.1, -0.05) is 0 Å². The summed E-state index contributed by atoms with van der Waals surface area (Å²) in [4.78, 5) is 7.65. The highest BCUT2D eigenvalue weighted by molar-refractivity contribution is 5.02. The Balaban J connectivity index is 1.61. The molecule has 3 heteroatoms. The maximum atomic E-state index is 3.32. The number of piperazine rings is 1. The fourth-order valence-corrected chi connectivity index (χ4v) is 2.86. The molecule has 0 aromatic carbocycles. The van der Waals surface area contributed by atoms with Gasteiger partial charge in [0.2, 0.25) is 0 Å². The van der Waals surface area contributed by atoms with E-state index in [9.17, 15) is 0 Å². The molecule has 0 saturated carbocycles. The van der Waals surface area contributed by atoms with E-state index in [0.29, 0.717) is 5.92 Å². The molecule has 2 aliphatic heterocycles. The van der Waals surface area contributed by atoms with Crippen LogP contribution in [-0.4, -0.2) is 74.1 Å². The number of likely N-dealkylation sites (N-methyl/N-ethyl adjacent to an activating group) is 1. The minimum absolute atomic E-state index is 0.662. The van der Waals surface area contributed by atoms with Gasteiger partial charge in [-0.3, -0.25) is 4.90 Å². The van der Waals surface area contributed by atoms with Crippen LogP contribution in [0.3, 0.4) is 0 Å². The van der Waals surface area contributed by atoms with Gasteiger partial charge in [0.05, 0.1) is 0 Å². The fraction of sp³-hybridized carbons (Fsp3) is 0.867. The van der Waals surface area contributed by atoms with Gasteiger partial charge in [0.15, 0.2) is 0 Å². The minimum atomic E-state index is 0.662. The second kappa shape index (κ2) is 7.13. The fourth-order valence-electron chi connectivity index (χ4n) is 2.86. The highest BCUT2D eigenvalue weighted by Gasteiger charge is 2.19. The molecule has 0 N–H and O–H groups in total. The van der Waals surface area contributed by atoms with Gasteiger partial charge in [-0.05, 0) is 39.9 Å². The first kappa shape index (κ1) is 13.9. The average molecular weight is 249 g/mol. The van der Waals surface area contributed by atoms with Crippen molar-refractivity contribution >= 4 is 0 Å². The molecule has 0 spiro atoms. The molecule has 2 rings (SSSR count). The summed E-state index contributed by atoms with van der Waals surface area (Å²) in [5.41, 5.74) is 0. The van der Waals surface area contributed by atoms with Gasteiger partial charge in [-0.25, -0.2) is 0 Å². The lowest BCUT2D eigenvalue weighted by atomic mass is 9.97. The Bertz CT molecular complexity index is 289. The Morgan fingerprint density at radius 1 is 0.889 bits per heavy atom. The molecular weight excluding hydrogens is 222 g/mol. The smallest absolute Gasteiger partial charge is 0.0227 e. The van der Waals surface area contributed by atoms with Crippen LogP contribution >= 0.6 is 0 Å². The molecule has 0 bridgehead atoms. The van der Waals surface area contributed by atoms with Crippen molar-refractivity contribution in [3.63, 3.8) is 0 Å². The highest BCUT2D eigenvalue weighted by atomic mass is 15.3. The van der Waals surface area contributed by atoms with Crippen LogP contribution in [0.15, 0.2) is 0 Å². The van der Waals surface area contributed by atoms with E-state index in [0.717, 1.165) is 0 Å². The van der Waals surface area contributed by atoms with E-state index in [4.69, 9.17) is 0 Å². The van der Waals surface area contributed by atoms with Crippen molar-refractivity contribution in [2.45, 2.75) is 19.8 Å². The summed E-state index contributed by atoms with van der Waals surface area (Å²) in [6.07, 6.45) is 2.53. The molecule has 2 aliphatic rings. The normalized spacial score (nSPS) is 24.8. The topological polar surface area (TPSA) is 9.72 Å². The summed E-state index contributed by atoms with van der Waals surface area (Å²) in [6, 6.07) is 0. The average Bonchev–Trinajstić information content (AvgIpc) is 2.40. The Hall–Kier alpha value is -0.560. The summed E-state index contributed by atoms with van der Waals surface area (Å²) in [5.74, 6) is 7.04. The predicted molar refractivity (Wildman–Crippen MR) is 76.6 cm³/mol. The molecule has 2 saturated heterocycles. The summed E-state index contributed by atoms with van der Waals surface area (Å²) in [6.45, 7) is 11.9. The van der Waals surface area contributed by atoms with Crippen LogP contribution in [0.4, 0.5) is 0 Å². The lowest BCUT2D eigenvalue weighted by Crippen LogP contribution is -2.47. The van der Waals surface area contributed by atoms with Crippen LogP contribution in [-0.2, 0) is 0 Å². The predicted octanol–water partition coefficient (Wildman–Crippen LogP) is 0.969. The van der Waals surface area contributed by atoms with Crippen molar-refractivity contribution in [2.24, 2.45) is 5.92 Å². The van der Waals surface area contributed by atoms with E-state index < -0.39 is 0 Å². The number of rotatable bonds is 3. The zero-order valence-electron chi connectivity index (χ0n) is 12.0. The largest absolute Gasteiger partial charge is 0.304 e. The molecule has 0 radical (unpaired) electrons. The maximum Gasteiger partial charge on any atom is 0.0227 e. The molecule has 0 atom stereocenters. The molecule has 2 heterocycles. The number of hydrogen-bond donors (Lipinski definition) is 0. The molecule has 18 heavy (non-hydrogen) atoms. The van der Waals surface area contributed by atoms with Crippen molar-refractivity contribution in [1.29, 1.82) is 0 Å². The first-order chi connectivity index (χ1) is 8.78. The Kier molecular flexibility index (Phi) is 5.49. The van der Waals surface area contributed by atoms with Crippen molar-refractivity contribution in [3.05, 3.63) is 0 Å². The molecule has 3 nitrogen and oxygen atoms in total. The maximum absolute atomic E-state index is 3.32. The summed E-state index contributed by atoms with van der Waals surface area (Å²) in [5, 5.41) is 0. The highest BCUT2D eigenvalue weighted by Crippen LogP contribution is 2.16. The van der Waals surface area contributed by atoms with Gasteiger partial charge in [-0.15, -0.1) is 11.8 Å². The van der Waals surface area contributed by atoms with E-state index in [1.54, 1.807) is 0 Å². The molecule has 0 amide bonds. The summed E-state index contributed by atoms with van der Waals surface area (Å²) < 4.78 is 0. The van der Waals surface area contributed by atoms with Gasteiger partial charge in [-0.2, -0.15) is 0 Å². The van der Waals surface area contributed by atoms with Gasteiger partial charge >= 0.3 is 0 Å². The van der Waals surface area contributed by atoms with Crippen LogP contribution in [0.2, 0.25) is 0 Å². The molecule has 102 valence electrons.